The third kappa shape index (κ3) is 3.90. The van der Waals surface area contributed by atoms with E-state index >= 15 is 0 Å². The highest BCUT2D eigenvalue weighted by molar-refractivity contribution is 9.10. The number of benzene rings is 4. The van der Waals surface area contributed by atoms with Crippen LogP contribution in [0.4, 0.5) is 0 Å². The molecule has 1 unspecified atom stereocenters. The molecule has 4 aromatic rings. The van der Waals surface area contributed by atoms with E-state index in [-0.39, 0.29) is 5.25 Å². The van der Waals surface area contributed by atoms with Gasteiger partial charge < -0.3 is 5.11 Å². The number of aryl methyl sites for hydroxylation is 1. The number of aromatic hydroxyl groups is 1. The molecule has 3 heteroatoms. The van der Waals surface area contributed by atoms with E-state index in [0.717, 1.165) is 26.4 Å². The minimum absolute atomic E-state index is 0.0173. The molecule has 0 saturated carbocycles. The Balaban J connectivity index is 1.90. The van der Waals surface area contributed by atoms with E-state index in [1.165, 1.54) is 10.5 Å². The fourth-order valence-electron chi connectivity index (χ4n) is 3.28. The van der Waals surface area contributed by atoms with Gasteiger partial charge in [0.15, 0.2) is 0 Å². The summed E-state index contributed by atoms with van der Waals surface area (Å²) in [4.78, 5) is 1.18. The van der Waals surface area contributed by atoms with Gasteiger partial charge in [0, 0.05) is 14.9 Å². The van der Waals surface area contributed by atoms with Crippen LogP contribution in [-0.2, 0) is 0 Å². The zero-order valence-corrected chi connectivity index (χ0v) is 17.3. The molecule has 0 aliphatic carbocycles. The fraction of sp³-hybridized carbons (Fsp3) is 0.0833. The molecule has 0 bridgehead atoms. The van der Waals surface area contributed by atoms with E-state index in [4.69, 9.17) is 0 Å². The van der Waals surface area contributed by atoms with Crippen molar-refractivity contribution < 1.29 is 5.11 Å². The summed E-state index contributed by atoms with van der Waals surface area (Å²) in [6.07, 6.45) is 0. The molecule has 0 aliphatic heterocycles. The highest BCUT2D eigenvalue weighted by Gasteiger charge is 2.22. The lowest BCUT2D eigenvalue weighted by molar-refractivity contribution is 0.470. The molecule has 1 N–H and O–H groups in total. The zero-order chi connectivity index (χ0) is 18.8. The van der Waals surface area contributed by atoms with Crippen LogP contribution < -0.4 is 0 Å². The molecule has 1 nitrogen and oxygen atoms in total. The first kappa shape index (κ1) is 18.1. The predicted octanol–water partition coefficient (Wildman–Crippen LogP) is 7.50. The largest absolute Gasteiger partial charge is 0.508 e. The Labute approximate surface area is 172 Å². The summed E-state index contributed by atoms with van der Waals surface area (Å²) in [6, 6.07) is 28.9. The van der Waals surface area contributed by atoms with E-state index in [9.17, 15) is 5.11 Å². The molecule has 0 fully saturated rings. The molecule has 0 radical (unpaired) electrons. The molecule has 0 heterocycles. The molecular formula is C24H19BrOS. The van der Waals surface area contributed by atoms with Crippen LogP contribution in [0.25, 0.3) is 10.8 Å². The van der Waals surface area contributed by atoms with E-state index in [1.54, 1.807) is 17.8 Å². The SMILES string of the molecule is Cc1ccc(SC(c2cccc(Br)c2)c2c(O)ccc3ccccc23)cc1. The van der Waals surface area contributed by atoms with Crippen LogP contribution in [-0.4, -0.2) is 5.11 Å². The van der Waals surface area contributed by atoms with Crippen molar-refractivity contribution in [1.29, 1.82) is 0 Å². The first-order chi connectivity index (χ1) is 13.1. The van der Waals surface area contributed by atoms with Crippen molar-refractivity contribution in [2.45, 2.75) is 17.1 Å². The molecular weight excluding hydrogens is 416 g/mol. The van der Waals surface area contributed by atoms with Crippen LogP contribution in [0.1, 0.15) is 21.9 Å². The molecule has 4 aromatic carbocycles. The second-order valence-electron chi connectivity index (χ2n) is 6.59. The van der Waals surface area contributed by atoms with Gasteiger partial charge in [-0.1, -0.05) is 76.1 Å². The van der Waals surface area contributed by atoms with Gasteiger partial charge in [-0.15, -0.1) is 11.8 Å². The Morgan fingerprint density at radius 3 is 2.41 bits per heavy atom. The van der Waals surface area contributed by atoms with Gasteiger partial charge in [-0.05, 0) is 53.6 Å². The highest BCUT2D eigenvalue weighted by Crippen LogP contribution is 2.46. The number of fused-ring (bicyclic) bond motifs is 1. The summed E-state index contributed by atoms with van der Waals surface area (Å²) >= 11 is 5.35. The molecule has 4 rings (SSSR count). The van der Waals surface area contributed by atoms with Crippen LogP contribution in [0.15, 0.2) is 94.3 Å². The average molecular weight is 435 g/mol. The fourth-order valence-corrected chi connectivity index (χ4v) is 4.91. The smallest absolute Gasteiger partial charge is 0.120 e. The van der Waals surface area contributed by atoms with Crippen molar-refractivity contribution in [3.05, 3.63) is 106 Å². The standard InChI is InChI=1S/C24H19BrOS/c1-16-9-12-20(13-10-16)27-24(18-6-4-7-19(25)15-18)23-21-8-3-2-5-17(21)11-14-22(23)26/h2-15,24,26H,1H3. The maximum Gasteiger partial charge on any atom is 0.120 e. The Morgan fingerprint density at radius 2 is 1.63 bits per heavy atom. The lowest BCUT2D eigenvalue weighted by Crippen LogP contribution is -1.99. The van der Waals surface area contributed by atoms with Crippen LogP contribution in [0.5, 0.6) is 5.75 Å². The average Bonchev–Trinajstić information content (AvgIpc) is 2.68. The van der Waals surface area contributed by atoms with Crippen LogP contribution in [0.3, 0.4) is 0 Å². The van der Waals surface area contributed by atoms with Gasteiger partial charge in [0.2, 0.25) is 0 Å². The lowest BCUT2D eigenvalue weighted by Gasteiger charge is -2.21. The normalized spacial score (nSPS) is 12.2. The summed E-state index contributed by atoms with van der Waals surface area (Å²) in [5.41, 5.74) is 3.35. The van der Waals surface area contributed by atoms with Gasteiger partial charge in [0.1, 0.15) is 5.75 Å². The van der Waals surface area contributed by atoms with Crippen molar-refractivity contribution in [2.75, 3.05) is 0 Å². The van der Waals surface area contributed by atoms with Crippen LogP contribution >= 0.6 is 27.7 Å². The summed E-state index contributed by atoms with van der Waals surface area (Å²) in [7, 11) is 0. The van der Waals surface area contributed by atoms with Crippen LogP contribution in [0.2, 0.25) is 0 Å². The molecule has 134 valence electrons. The third-order valence-electron chi connectivity index (χ3n) is 4.64. The molecule has 0 amide bonds. The summed E-state index contributed by atoms with van der Waals surface area (Å²) in [5, 5.41) is 13.0. The van der Waals surface area contributed by atoms with Gasteiger partial charge in [-0.3, -0.25) is 0 Å². The zero-order valence-electron chi connectivity index (χ0n) is 14.9. The Kier molecular flexibility index (Phi) is 5.24. The van der Waals surface area contributed by atoms with Gasteiger partial charge >= 0.3 is 0 Å². The second kappa shape index (κ2) is 7.79. The maximum absolute atomic E-state index is 10.8. The minimum Gasteiger partial charge on any atom is -0.508 e. The second-order valence-corrected chi connectivity index (χ2v) is 8.68. The monoisotopic (exact) mass is 434 g/mol. The molecule has 27 heavy (non-hydrogen) atoms. The number of phenols is 1. The number of hydrogen-bond acceptors (Lipinski definition) is 2. The summed E-state index contributed by atoms with van der Waals surface area (Å²) in [6.45, 7) is 2.09. The van der Waals surface area contributed by atoms with Crippen molar-refractivity contribution in [1.82, 2.24) is 0 Å². The van der Waals surface area contributed by atoms with E-state index in [1.807, 2.05) is 30.3 Å². The Morgan fingerprint density at radius 1 is 0.852 bits per heavy atom. The summed E-state index contributed by atoms with van der Waals surface area (Å²) in [5.74, 6) is 0.332. The predicted molar refractivity (Wildman–Crippen MR) is 119 cm³/mol. The number of hydrogen-bond donors (Lipinski definition) is 1. The van der Waals surface area contributed by atoms with Gasteiger partial charge in [-0.2, -0.15) is 0 Å². The topological polar surface area (TPSA) is 20.2 Å². The number of rotatable bonds is 4. The van der Waals surface area contributed by atoms with Crippen molar-refractivity contribution in [3.8, 4) is 5.75 Å². The maximum atomic E-state index is 10.8. The summed E-state index contributed by atoms with van der Waals surface area (Å²) < 4.78 is 1.04. The van der Waals surface area contributed by atoms with Gasteiger partial charge in [-0.25, -0.2) is 0 Å². The molecule has 0 saturated heterocycles. The van der Waals surface area contributed by atoms with E-state index < -0.39 is 0 Å². The van der Waals surface area contributed by atoms with Crippen molar-refractivity contribution in [3.63, 3.8) is 0 Å². The molecule has 0 aliphatic rings. The van der Waals surface area contributed by atoms with Crippen LogP contribution in [0, 0.1) is 6.92 Å². The molecule has 0 spiro atoms. The first-order valence-corrected chi connectivity index (χ1v) is 10.5. The Hall–Kier alpha value is -2.23. The quantitative estimate of drug-likeness (QED) is 0.335. The molecule has 1 atom stereocenters. The molecule has 0 aromatic heterocycles. The van der Waals surface area contributed by atoms with Gasteiger partial charge in [0.05, 0.1) is 5.25 Å². The van der Waals surface area contributed by atoms with E-state index in [2.05, 4.69) is 71.4 Å². The number of thioether (sulfide) groups is 1. The number of phenolic OH excluding ortho intramolecular Hbond substituents is 1. The lowest BCUT2D eigenvalue weighted by atomic mass is 9.97. The minimum atomic E-state index is -0.0173. The van der Waals surface area contributed by atoms with Crippen molar-refractivity contribution >= 4 is 38.5 Å². The van der Waals surface area contributed by atoms with Crippen molar-refractivity contribution in [2.24, 2.45) is 0 Å². The van der Waals surface area contributed by atoms with E-state index in [0.29, 0.717) is 5.75 Å². The number of halogens is 1. The van der Waals surface area contributed by atoms with Gasteiger partial charge in [0.25, 0.3) is 0 Å². The first-order valence-electron chi connectivity index (χ1n) is 8.81. The third-order valence-corrected chi connectivity index (χ3v) is 6.42. The highest BCUT2D eigenvalue weighted by atomic mass is 79.9. The Bertz CT molecular complexity index is 1090.